The van der Waals surface area contributed by atoms with Crippen molar-refractivity contribution in [3.63, 3.8) is 0 Å². The van der Waals surface area contributed by atoms with Gasteiger partial charge in [0.2, 0.25) is 5.91 Å². The number of carbonyl (C=O) groups excluding carboxylic acids is 2. The normalized spacial score (nSPS) is 24.5. The SMILES string of the molecule is CC1CC(C#N)NNC1[C@H](C)NC(=O)CN1Sc2c(ccc(F)c2C#N)NC1=O. The molecule has 152 valence electrons. The highest BCUT2D eigenvalue weighted by Crippen LogP contribution is 2.38. The molecule has 2 heterocycles. The van der Waals surface area contributed by atoms with Gasteiger partial charge >= 0.3 is 6.03 Å². The van der Waals surface area contributed by atoms with Gasteiger partial charge in [0.05, 0.1) is 16.7 Å². The predicted octanol–water partition coefficient (Wildman–Crippen LogP) is 1.45. The molecule has 0 spiro atoms. The van der Waals surface area contributed by atoms with Crippen LogP contribution in [0.4, 0.5) is 14.9 Å². The largest absolute Gasteiger partial charge is 0.350 e. The predicted molar refractivity (Wildman–Crippen MR) is 104 cm³/mol. The van der Waals surface area contributed by atoms with Crippen LogP contribution < -0.4 is 21.5 Å². The van der Waals surface area contributed by atoms with Crippen LogP contribution in [0.15, 0.2) is 17.0 Å². The van der Waals surface area contributed by atoms with Gasteiger partial charge < -0.3 is 10.6 Å². The molecule has 4 atom stereocenters. The average molecular weight is 417 g/mol. The molecule has 1 aromatic carbocycles. The van der Waals surface area contributed by atoms with Crippen LogP contribution in [0.3, 0.4) is 0 Å². The molecule has 0 aliphatic carbocycles. The lowest BCUT2D eigenvalue weighted by molar-refractivity contribution is -0.121. The highest BCUT2D eigenvalue weighted by molar-refractivity contribution is 7.98. The zero-order valence-electron chi connectivity index (χ0n) is 15.8. The summed E-state index contributed by atoms with van der Waals surface area (Å²) in [6.45, 7) is 3.56. The molecule has 1 fully saturated rings. The molecule has 0 radical (unpaired) electrons. The Balaban J connectivity index is 1.63. The van der Waals surface area contributed by atoms with Gasteiger partial charge in [-0.1, -0.05) is 6.92 Å². The van der Waals surface area contributed by atoms with E-state index in [0.29, 0.717) is 12.1 Å². The van der Waals surface area contributed by atoms with Crippen molar-refractivity contribution >= 4 is 29.6 Å². The van der Waals surface area contributed by atoms with E-state index >= 15 is 0 Å². The minimum Gasteiger partial charge on any atom is -0.350 e. The van der Waals surface area contributed by atoms with Crippen LogP contribution in [0.5, 0.6) is 0 Å². The number of nitrogens with zero attached hydrogens (tertiary/aromatic N) is 3. The van der Waals surface area contributed by atoms with Crippen LogP contribution >= 0.6 is 11.9 Å². The second kappa shape index (κ2) is 8.66. The molecule has 3 amide bonds. The molecule has 0 saturated carbocycles. The molecule has 11 heteroatoms. The highest BCUT2D eigenvalue weighted by atomic mass is 32.2. The maximum Gasteiger partial charge on any atom is 0.332 e. The number of anilines is 1. The first-order valence-electron chi connectivity index (χ1n) is 9.03. The second-order valence-electron chi connectivity index (χ2n) is 7.03. The average Bonchev–Trinajstić information content (AvgIpc) is 2.68. The third-order valence-corrected chi connectivity index (χ3v) is 6.03. The van der Waals surface area contributed by atoms with Crippen molar-refractivity contribution in [2.75, 3.05) is 11.9 Å². The van der Waals surface area contributed by atoms with Crippen molar-refractivity contribution < 1.29 is 14.0 Å². The van der Waals surface area contributed by atoms with E-state index in [-0.39, 0.29) is 41.0 Å². The van der Waals surface area contributed by atoms with Crippen LogP contribution in [0.2, 0.25) is 0 Å². The number of urea groups is 1. The summed E-state index contributed by atoms with van der Waals surface area (Å²) in [4.78, 5) is 25.0. The quantitative estimate of drug-likeness (QED) is 0.545. The van der Waals surface area contributed by atoms with Crippen molar-refractivity contribution in [1.82, 2.24) is 20.5 Å². The maximum atomic E-state index is 13.9. The van der Waals surface area contributed by atoms with E-state index in [0.717, 1.165) is 22.3 Å². The minimum absolute atomic E-state index is 0.0913. The van der Waals surface area contributed by atoms with Gasteiger partial charge in [-0.15, -0.1) is 0 Å². The van der Waals surface area contributed by atoms with Gasteiger partial charge in [0, 0.05) is 12.1 Å². The molecule has 3 rings (SSSR count). The summed E-state index contributed by atoms with van der Waals surface area (Å²) in [5, 5.41) is 23.6. The molecule has 9 nitrogen and oxygen atoms in total. The Morgan fingerprint density at radius 2 is 2.21 bits per heavy atom. The molecule has 2 aliphatic rings. The molecule has 0 bridgehead atoms. The summed E-state index contributed by atoms with van der Waals surface area (Å²) < 4.78 is 15.0. The van der Waals surface area contributed by atoms with E-state index in [9.17, 15) is 19.2 Å². The number of nitrogens with one attached hydrogen (secondary N) is 4. The molecule has 2 aliphatic heterocycles. The van der Waals surface area contributed by atoms with Crippen LogP contribution in [-0.4, -0.2) is 40.9 Å². The van der Waals surface area contributed by atoms with E-state index in [2.05, 4.69) is 27.6 Å². The fourth-order valence-electron chi connectivity index (χ4n) is 3.43. The zero-order chi connectivity index (χ0) is 21.1. The Kier molecular flexibility index (Phi) is 6.23. The maximum absolute atomic E-state index is 13.9. The number of benzene rings is 1. The molecule has 0 aromatic heterocycles. The lowest BCUT2D eigenvalue weighted by atomic mass is 9.89. The molecular weight excluding hydrogens is 397 g/mol. The summed E-state index contributed by atoms with van der Waals surface area (Å²) in [7, 11) is 0. The van der Waals surface area contributed by atoms with E-state index in [4.69, 9.17) is 5.26 Å². The van der Waals surface area contributed by atoms with Crippen molar-refractivity contribution in [2.45, 2.75) is 43.3 Å². The van der Waals surface area contributed by atoms with Crippen molar-refractivity contribution in [3.05, 3.63) is 23.5 Å². The number of hydrogen-bond donors (Lipinski definition) is 4. The summed E-state index contributed by atoms with van der Waals surface area (Å²) >= 11 is 0.859. The third kappa shape index (κ3) is 4.43. The number of carbonyl (C=O) groups is 2. The number of hydrogen-bond acceptors (Lipinski definition) is 7. The Hall–Kier alpha value is -2.86. The number of halogens is 1. The van der Waals surface area contributed by atoms with Gasteiger partial charge in [-0.25, -0.2) is 14.6 Å². The summed E-state index contributed by atoms with van der Waals surface area (Å²) in [6.07, 6.45) is 0.651. The van der Waals surface area contributed by atoms with E-state index < -0.39 is 17.8 Å². The Morgan fingerprint density at radius 3 is 2.86 bits per heavy atom. The van der Waals surface area contributed by atoms with Gasteiger partial charge in [0.1, 0.15) is 30.0 Å². The summed E-state index contributed by atoms with van der Waals surface area (Å²) in [5.41, 5.74) is 6.13. The Bertz CT molecular complexity index is 913. The number of nitriles is 2. The van der Waals surface area contributed by atoms with Gasteiger partial charge in [0.15, 0.2) is 0 Å². The van der Waals surface area contributed by atoms with E-state index in [1.165, 1.54) is 6.07 Å². The molecule has 29 heavy (non-hydrogen) atoms. The lowest BCUT2D eigenvalue weighted by Gasteiger charge is -2.37. The van der Waals surface area contributed by atoms with Gasteiger partial charge in [-0.05, 0) is 43.3 Å². The van der Waals surface area contributed by atoms with Crippen molar-refractivity contribution in [1.29, 1.82) is 10.5 Å². The molecule has 4 N–H and O–H groups in total. The molecular formula is C18H20FN7O2S. The van der Waals surface area contributed by atoms with Crippen LogP contribution in [0, 0.1) is 34.4 Å². The van der Waals surface area contributed by atoms with Gasteiger partial charge in [0.25, 0.3) is 0 Å². The zero-order valence-corrected chi connectivity index (χ0v) is 16.6. The fraction of sp³-hybridized carbons (Fsp3) is 0.444. The number of rotatable bonds is 4. The molecule has 3 unspecified atom stereocenters. The fourth-order valence-corrected chi connectivity index (χ4v) is 4.41. The molecule has 1 aromatic rings. The van der Waals surface area contributed by atoms with Gasteiger partial charge in [-0.2, -0.15) is 10.5 Å². The number of fused-ring (bicyclic) bond motifs is 1. The number of amides is 3. The van der Waals surface area contributed by atoms with Crippen LogP contribution in [0.1, 0.15) is 25.8 Å². The second-order valence-corrected chi connectivity index (χ2v) is 8.07. The first-order chi connectivity index (χ1) is 13.8. The smallest absolute Gasteiger partial charge is 0.332 e. The summed E-state index contributed by atoms with van der Waals surface area (Å²) in [5.74, 6) is -0.930. The first kappa shape index (κ1) is 20.9. The first-order valence-corrected chi connectivity index (χ1v) is 9.80. The van der Waals surface area contributed by atoms with Crippen molar-refractivity contribution in [3.8, 4) is 12.1 Å². The monoisotopic (exact) mass is 417 g/mol. The standard InChI is InChI=1S/C18H20FN7O2S/c1-9-5-11(6-20)24-25-16(9)10(2)22-15(27)8-26-18(28)23-14-4-3-13(19)12(7-21)17(14)29-26/h3-4,9-11,16,24-25H,5,8H2,1-2H3,(H,22,27)(H,23,28)/t9?,10-,11?,16?/m0/s1. The summed E-state index contributed by atoms with van der Waals surface area (Å²) in [6, 6.07) is 5.27. The topological polar surface area (TPSA) is 133 Å². The number of hydrazine groups is 1. The minimum atomic E-state index is -0.687. The molecule has 1 saturated heterocycles. The lowest BCUT2D eigenvalue weighted by Crippen LogP contribution is -2.62. The van der Waals surface area contributed by atoms with E-state index in [1.807, 2.05) is 13.8 Å². The van der Waals surface area contributed by atoms with Gasteiger partial charge in [-0.3, -0.25) is 14.5 Å². The van der Waals surface area contributed by atoms with E-state index in [1.54, 1.807) is 6.07 Å². The Labute approximate surface area is 171 Å². The Morgan fingerprint density at radius 1 is 1.45 bits per heavy atom. The van der Waals surface area contributed by atoms with Crippen LogP contribution in [-0.2, 0) is 4.79 Å². The highest BCUT2D eigenvalue weighted by Gasteiger charge is 2.33. The van der Waals surface area contributed by atoms with Crippen molar-refractivity contribution in [2.24, 2.45) is 5.92 Å². The third-order valence-electron chi connectivity index (χ3n) is 4.90. The van der Waals surface area contributed by atoms with Crippen LogP contribution in [0.25, 0.3) is 0 Å².